The van der Waals surface area contributed by atoms with Gasteiger partial charge in [-0.05, 0) is 53.6 Å². The van der Waals surface area contributed by atoms with Gasteiger partial charge in [0.1, 0.15) is 0 Å². The van der Waals surface area contributed by atoms with Gasteiger partial charge in [0.25, 0.3) is 0 Å². The van der Waals surface area contributed by atoms with E-state index in [1.807, 2.05) is 20.8 Å². The van der Waals surface area contributed by atoms with Crippen LogP contribution in [0.5, 0.6) is 0 Å². The van der Waals surface area contributed by atoms with Gasteiger partial charge in [-0.2, -0.15) is 0 Å². The molecule has 0 bridgehead atoms. The van der Waals surface area contributed by atoms with Crippen molar-refractivity contribution in [2.75, 3.05) is 19.6 Å². The minimum Gasteiger partial charge on any atom is -0.353 e. The first-order valence-corrected chi connectivity index (χ1v) is 6.78. The highest BCUT2D eigenvalue weighted by Gasteiger charge is 2.19. The Balaban J connectivity index is 2.22. The van der Waals surface area contributed by atoms with E-state index < -0.39 is 0 Å². The minimum atomic E-state index is -0.109. The van der Waals surface area contributed by atoms with Crippen molar-refractivity contribution in [3.8, 4) is 0 Å². The molecule has 4 heteroatoms. The van der Waals surface area contributed by atoms with Gasteiger partial charge in [-0.25, -0.2) is 0 Å². The van der Waals surface area contributed by atoms with Gasteiger partial charge < -0.3 is 10.6 Å². The van der Waals surface area contributed by atoms with Crippen LogP contribution in [0.25, 0.3) is 0 Å². The van der Waals surface area contributed by atoms with E-state index in [0.29, 0.717) is 6.04 Å². The predicted octanol–water partition coefficient (Wildman–Crippen LogP) is 0.973. The van der Waals surface area contributed by atoms with Gasteiger partial charge in [0.2, 0.25) is 5.91 Å². The Morgan fingerprint density at radius 1 is 1.18 bits per heavy atom. The van der Waals surface area contributed by atoms with Crippen LogP contribution in [0.2, 0.25) is 0 Å². The summed E-state index contributed by atoms with van der Waals surface area (Å²) in [6.45, 7) is 11.4. The molecule has 2 N–H and O–H groups in total. The highest BCUT2D eigenvalue weighted by atomic mass is 16.2. The summed E-state index contributed by atoms with van der Waals surface area (Å²) in [4.78, 5) is 14.2. The van der Waals surface area contributed by atoms with Crippen molar-refractivity contribution in [2.24, 2.45) is 0 Å². The number of carbonyl (C=O) groups excluding carboxylic acids is 1. The Labute approximate surface area is 105 Å². The van der Waals surface area contributed by atoms with Crippen LogP contribution >= 0.6 is 0 Å². The standard InChI is InChI=1S/C13H27N3O/c1-10(2)15-13(17)12(4)14-9-11(3)16-7-5-6-8-16/h10-12,14H,5-9H2,1-4H3,(H,15,17). The number of nitrogens with zero attached hydrogens (tertiary/aromatic N) is 1. The molecule has 0 radical (unpaired) electrons. The second-order valence-corrected chi connectivity index (χ2v) is 5.39. The summed E-state index contributed by atoms with van der Waals surface area (Å²) in [7, 11) is 0. The predicted molar refractivity (Wildman–Crippen MR) is 71.0 cm³/mol. The number of likely N-dealkylation sites (tertiary alicyclic amines) is 1. The molecule has 0 aromatic heterocycles. The lowest BCUT2D eigenvalue weighted by Gasteiger charge is -2.25. The molecule has 1 aliphatic heterocycles. The zero-order chi connectivity index (χ0) is 12.8. The summed E-state index contributed by atoms with van der Waals surface area (Å²) in [5.41, 5.74) is 0. The third-order valence-electron chi connectivity index (χ3n) is 3.31. The maximum Gasteiger partial charge on any atom is 0.237 e. The van der Waals surface area contributed by atoms with Crippen molar-refractivity contribution >= 4 is 5.91 Å². The van der Waals surface area contributed by atoms with Gasteiger partial charge in [0.15, 0.2) is 0 Å². The lowest BCUT2D eigenvalue weighted by molar-refractivity contribution is -0.123. The molecule has 0 aromatic rings. The van der Waals surface area contributed by atoms with Crippen LogP contribution in [0.1, 0.15) is 40.5 Å². The summed E-state index contributed by atoms with van der Waals surface area (Å²) in [5, 5.41) is 6.23. The Morgan fingerprint density at radius 2 is 1.76 bits per heavy atom. The van der Waals surface area contributed by atoms with E-state index in [0.717, 1.165) is 6.54 Å². The van der Waals surface area contributed by atoms with Gasteiger partial charge in [-0.3, -0.25) is 9.69 Å². The third kappa shape index (κ3) is 5.04. The monoisotopic (exact) mass is 241 g/mol. The highest BCUT2D eigenvalue weighted by molar-refractivity contribution is 5.81. The Kier molecular flexibility index (Phi) is 5.92. The fraction of sp³-hybridized carbons (Fsp3) is 0.923. The first-order valence-electron chi connectivity index (χ1n) is 6.78. The van der Waals surface area contributed by atoms with E-state index >= 15 is 0 Å². The Bertz CT molecular complexity index is 237. The van der Waals surface area contributed by atoms with Crippen molar-refractivity contribution in [1.82, 2.24) is 15.5 Å². The van der Waals surface area contributed by atoms with Crippen LogP contribution in [0, 0.1) is 0 Å². The summed E-state index contributed by atoms with van der Waals surface area (Å²) in [6, 6.07) is 0.622. The molecule has 1 rings (SSSR count). The van der Waals surface area contributed by atoms with Gasteiger partial charge >= 0.3 is 0 Å². The maximum absolute atomic E-state index is 11.7. The third-order valence-corrected chi connectivity index (χ3v) is 3.31. The van der Waals surface area contributed by atoms with Crippen LogP contribution in [-0.2, 0) is 4.79 Å². The van der Waals surface area contributed by atoms with Crippen molar-refractivity contribution in [2.45, 2.75) is 58.7 Å². The summed E-state index contributed by atoms with van der Waals surface area (Å²) in [6.07, 6.45) is 2.63. The van der Waals surface area contributed by atoms with E-state index in [2.05, 4.69) is 22.5 Å². The molecule has 1 fully saturated rings. The molecule has 0 aromatic carbocycles. The molecule has 1 aliphatic rings. The number of amides is 1. The van der Waals surface area contributed by atoms with Gasteiger partial charge in [-0.1, -0.05) is 0 Å². The van der Waals surface area contributed by atoms with Crippen molar-refractivity contribution < 1.29 is 4.79 Å². The first-order chi connectivity index (χ1) is 8.00. The molecule has 0 spiro atoms. The maximum atomic E-state index is 11.7. The molecule has 2 unspecified atom stereocenters. The molecule has 4 nitrogen and oxygen atoms in total. The summed E-state index contributed by atoms with van der Waals surface area (Å²) in [5.74, 6) is 0.0913. The summed E-state index contributed by atoms with van der Waals surface area (Å²) < 4.78 is 0. The molecule has 1 amide bonds. The number of hydrogen-bond acceptors (Lipinski definition) is 3. The van der Waals surface area contributed by atoms with E-state index in [1.54, 1.807) is 0 Å². The fourth-order valence-corrected chi connectivity index (χ4v) is 2.16. The van der Waals surface area contributed by atoms with Gasteiger partial charge in [-0.15, -0.1) is 0 Å². The zero-order valence-corrected chi connectivity index (χ0v) is 11.6. The molecular formula is C13H27N3O. The molecule has 1 saturated heterocycles. The van der Waals surface area contributed by atoms with E-state index in [4.69, 9.17) is 0 Å². The van der Waals surface area contributed by atoms with Crippen LogP contribution < -0.4 is 10.6 Å². The smallest absolute Gasteiger partial charge is 0.237 e. The second-order valence-electron chi connectivity index (χ2n) is 5.39. The lowest BCUT2D eigenvalue weighted by atomic mass is 10.2. The Hall–Kier alpha value is -0.610. The zero-order valence-electron chi connectivity index (χ0n) is 11.6. The topological polar surface area (TPSA) is 44.4 Å². The number of rotatable bonds is 6. The van der Waals surface area contributed by atoms with E-state index in [-0.39, 0.29) is 18.0 Å². The highest BCUT2D eigenvalue weighted by Crippen LogP contribution is 2.10. The van der Waals surface area contributed by atoms with Crippen LogP contribution in [0.4, 0.5) is 0 Å². The average Bonchev–Trinajstić information content (AvgIpc) is 2.77. The first kappa shape index (κ1) is 14.5. The molecule has 1 heterocycles. The number of hydrogen-bond donors (Lipinski definition) is 2. The molecular weight excluding hydrogens is 214 g/mol. The number of carbonyl (C=O) groups is 1. The molecule has 0 saturated carbocycles. The number of nitrogens with one attached hydrogen (secondary N) is 2. The summed E-state index contributed by atoms with van der Waals surface area (Å²) >= 11 is 0. The van der Waals surface area contributed by atoms with E-state index in [1.165, 1.54) is 25.9 Å². The molecule has 100 valence electrons. The van der Waals surface area contributed by atoms with Crippen molar-refractivity contribution in [1.29, 1.82) is 0 Å². The lowest BCUT2D eigenvalue weighted by Crippen LogP contribution is -2.48. The van der Waals surface area contributed by atoms with Gasteiger partial charge in [0.05, 0.1) is 6.04 Å². The van der Waals surface area contributed by atoms with E-state index in [9.17, 15) is 4.79 Å². The van der Waals surface area contributed by atoms with Crippen molar-refractivity contribution in [3.63, 3.8) is 0 Å². The van der Waals surface area contributed by atoms with Crippen LogP contribution in [-0.4, -0.2) is 48.6 Å². The minimum absolute atomic E-state index is 0.0913. The van der Waals surface area contributed by atoms with Crippen LogP contribution in [0.15, 0.2) is 0 Å². The second kappa shape index (κ2) is 6.97. The fourth-order valence-electron chi connectivity index (χ4n) is 2.16. The SMILES string of the molecule is CC(C)NC(=O)C(C)NCC(C)N1CCCC1. The van der Waals surface area contributed by atoms with Crippen LogP contribution in [0.3, 0.4) is 0 Å². The van der Waals surface area contributed by atoms with Crippen molar-refractivity contribution in [3.05, 3.63) is 0 Å². The largest absolute Gasteiger partial charge is 0.353 e. The average molecular weight is 241 g/mol. The normalized spacial score (nSPS) is 20.5. The Morgan fingerprint density at radius 3 is 2.29 bits per heavy atom. The quantitative estimate of drug-likeness (QED) is 0.728. The molecule has 17 heavy (non-hydrogen) atoms. The van der Waals surface area contributed by atoms with Gasteiger partial charge in [0, 0.05) is 18.6 Å². The molecule has 0 aliphatic carbocycles. The molecule has 2 atom stereocenters.